The minimum atomic E-state index is -0.319. The van der Waals surface area contributed by atoms with Gasteiger partial charge in [0.05, 0.1) is 32.1 Å². The molecule has 6 rings (SSSR count). The molecule has 1 saturated heterocycles. The number of urea groups is 1. The minimum Gasteiger partial charge on any atom is -0.497 e. The Kier molecular flexibility index (Phi) is 6.60. The van der Waals surface area contributed by atoms with E-state index < -0.39 is 0 Å². The third-order valence-electron chi connectivity index (χ3n) is 8.00. The van der Waals surface area contributed by atoms with Crippen molar-refractivity contribution in [1.82, 2.24) is 26.1 Å². The second-order valence-electron chi connectivity index (χ2n) is 11.1. The van der Waals surface area contributed by atoms with Gasteiger partial charge in [0.25, 0.3) is 0 Å². The lowest BCUT2D eigenvalue weighted by molar-refractivity contribution is -0.122. The number of nitrogens with one attached hydrogen (secondary N) is 3. The van der Waals surface area contributed by atoms with Crippen LogP contribution in [0.3, 0.4) is 0 Å². The van der Waals surface area contributed by atoms with Gasteiger partial charge in [-0.2, -0.15) is 0 Å². The largest absolute Gasteiger partial charge is 0.497 e. The molecular weight excluding hydrogens is 498 g/mol. The fourth-order valence-electron chi connectivity index (χ4n) is 5.61. The SMILES string of the molecule is COc1cccc(-c2ccc(CNC(=O)[C@@H]3C[C@@H]3C3=CN(C)NO3)c3c2CCN(C(=O)NC2(C)COC2)C3)c1. The lowest BCUT2D eigenvalue weighted by Gasteiger charge is -2.41. The maximum absolute atomic E-state index is 13.2. The summed E-state index contributed by atoms with van der Waals surface area (Å²) >= 11 is 0. The van der Waals surface area contributed by atoms with Crippen LogP contribution in [0.15, 0.2) is 48.4 Å². The molecule has 10 heteroatoms. The van der Waals surface area contributed by atoms with Gasteiger partial charge in [0.2, 0.25) is 5.91 Å². The molecule has 3 aliphatic heterocycles. The predicted molar refractivity (Wildman–Crippen MR) is 144 cm³/mol. The Hall–Kier alpha value is -3.76. The third-order valence-corrected chi connectivity index (χ3v) is 8.00. The van der Waals surface area contributed by atoms with Gasteiger partial charge in [0.1, 0.15) is 11.5 Å². The van der Waals surface area contributed by atoms with Crippen LogP contribution in [0.5, 0.6) is 5.75 Å². The summed E-state index contributed by atoms with van der Waals surface area (Å²) in [5, 5.41) is 8.01. The Balaban J connectivity index is 1.22. The van der Waals surface area contributed by atoms with Crippen LogP contribution in [0.4, 0.5) is 4.79 Å². The zero-order valence-corrected chi connectivity index (χ0v) is 22.6. The quantitative estimate of drug-likeness (QED) is 0.503. The van der Waals surface area contributed by atoms with Gasteiger partial charge in [-0.05, 0) is 59.7 Å². The lowest BCUT2D eigenvalue weighted by Crippen LogP contribution is -2.62. The van der Waals surface area contributed by atoms with Crippen molar-refractivity contribution in [2.24, 2.45) is 11.8 Å². The molecule has 3 amide bonds. The summed E-state index contributed by atoms with van der Waals surface area (Å²) in [5.41, 5.74) is 7.96. The van der Waals surface area contributed by atoms with E-state index in [0.29, 0.717) is 32.8 Å². The molecular formula is C29H35N5O5. The second kappa shape index (κ2) is 10.1. The molecule has 206 valence electrons. The summed E-state index contributed by atoms with van der Waals surface area (Å²) in [4.78, 5) is 33.5. The van der Waals surface area contributed by atoms with Crippen molar-refractivity contribution in [3.05, 3.63) is 65.0 Å². The van der Waals surface area contributed by atoms with Gasteiger partial charge in [0, 0.05) is 38.5 Å². The molecule has 1 saturated carbocycles. The summed E-state index contributed by atoms with van der Waals surface area (Å²) in [7, 11) is 3.52. The molecule has 39 heavy (non-hydrogen) atoms. The van der Waals surface area contributed by atoms with E-state index in [4.69, 9.17) is 14.3 Å². The van der Waals surface area contributed by atoms with Gasteiger partial charge in [-0.15, -0.1) is 0 Å². The topological polar surface area (TPSA) is 104 Å². The number of ether oxygens (including phenoxy) is 2. The number of carbonyl (C=O) groups excluding carboxylic acids is 2. The molecule has 3 heterocycles. The molecule has 0 aromatic heterocycles. The smallest absolute Gasteiger partial charge is 0.318 e. The van der Waals surface area contributed by atoms with Crippen LogP contribution in [-0.2, 0) is 33.9 Å². The van der Waals surface area contributed by atoms with Crippen LogP contribution in [0.2, 0.25) is 0 Å². The monoisotopic (exact) mass is 533 g/mol. The zero-order chi connectivity index (χ0) is 27.1. The highest BCUT2D eigenvalue weighted by atomic mass is 16.7. The molecule has 2 atom stereocenters. The Bertz CT molecular complexity index is 1320. The highest BCUT2D eigenvalue weighted by molar-refractivity contribution is 5.82. The molecule has 2 fully saturated rings. The Labute approximate surface area is 228 Å². The summed E-state index contributed by atoms with van der Waals surface area (Å²) in [5.74, 6) is 1.62. The first-order valence-corrected chi connectivity index (χ1v) is 13.4. The van der Waals surface area contributed by atoms with Crippen molar-refractivity contribution >= 4 is 11.9 Å². The number of amides is 3. The van der Waals surface area contributed by atoms with E-state index >= 15 is 0 Å². The highest BCUT2D eigenvalue weighted by Crippen LogP contribution is 2.45. The van der Waals surface area contributed by atoms with Gasteiger partial charge in [-0.3, -0.25) is 9.80 Å². The maximum Gasteiger partial charge on any atom is 0.318 e. The first kappa shape index (κ1) is 25.5. The Morgan fingerprint density at radius 1 is 1.21 bits per heavy atom. The van der Waals surface area contributed by atoms with Crippen molar-refractivity contribution < 1.29 is 23.9 Å². The van der Waals surface area contributed by atoms with Gasteiger partial charge in [0.15, 0.2) is 0 Å². The standard InChI is InChI=1S/C29H35N5O5/c1-29(16-38-17-29)31-28(36)34-10-9-22-21(18-5-4-6-20(11-18)37-3)8-7-19(25(22)14-34)13-30-27(35)24-12-23(24)26-15-33(2)32-39-26/h4-8,11,15,23-24,32H,9-10,12-14,16-17H2,1-3H3,(H,30,35)(H,31,36)/t23-,24+/m0/s1. The van der Waals surface area contributed by atoms with Gasteiger partial charge in [-0.25, -0.2) is 4.79 Å². The van der Waals surface area contributed by atoms with E-state index in [9.17, 15) is 9.59 Å². The van der Waals surface area contributed by atoms with Crippen LogP contribution in [0, 0.1) is 11.8 Å². The van der Waals surface area contributed by atoms with Crippen LogP contribution >= 0.6 is 0 Å². The van der Waals surface area contributed by atoms with Crippen molar-refractivity contribution in [3.63, 3.8) is 0 Å². The lowest BCUT2D eigenvalue weighted by atomic mass is 9.87. The van der Waals surface area contributed by atoms with Crippen molar-refractivity contribution in [2.75, 3.05) is 33.9 Å². The predicted octanol–water partition coefficient (Wildman–Crippen LogP) is 2.69. The van der Waals surface area contributed by atoms with Crippen LogP contribution in [0.1, 0.15) is 30.0 Å². The van der Waals surface area contributed by atoms with E-state index in [2.05, 4.69) is 34.4 Å². The van der Waals surface area contributed by atoms with E-state index in [1.165, 1.54) is 5.56 Å². The molecule has 0 unspecified atom stereocenters. The average molecular weight is 534 g/mol. The Morgan fingerprint density at radius 3 is 2.77 bits per heavy atom. The number of fused-ring (bicyclic) bond motifs is 1. The second-order valence-corrected chi connectivity index (χ2v) is 11.1. The molecule has 4 aliphatic rings. The molecule has 3 N–H and O–H groups in total. The number of hydrazine groups is 1. The number of rotatable bonds is 7. The number of hydrogen-bond acceptors (Lipinski definition) is 7. The van der Waals surface area contributed by atoms with Gasteiger partial charge in [-0.1, -0.05) is 29.9 Å². The Morgan fingerprint density at radius 2 is 2.05 bits per heavy atom. The molecule has 2 aromatic carbocycles. The van der Waals surface area contributed by atoms with Gasteiger partial charge < -0.3 is 29.8 Å². The normalized spacial score (nSPS) is 22.7. The van der Waals surface area contributed by atoms with E-state index in [0.717, 1.165) is 46.6 Å². The molecule has 1 aliphatic carbocycles. The number of benzene rings is 2. The fraction of sp³-hybridized carbons (Fsp3) is 0.448. The van der Waals surface area contributed by atoms with E-state index in [-0.39, 0.29) is 29.3 Å². The first-order chi connectivity index (χ1) is 18.8. The van der Waals surface area contributed by atoms with E-state index in [1.54, 1.807) is 12.1 Å². The summed E-state index contributed by atoms with van der Waals surface area (Å²) in [6, 6.07) is 12.1. The minimum absolute atomic E-state index is 0.0213. The van der Waals surface area contributed by atoms with E-state index in [1.807, 2.05) is 43.3 Å². The first-order valence-electron chi connectivity index (χ1n) is 13.4. The molecule has 2 aromatic rings. The van der Waals surface area contributed by atoms with Crippen molar-refractivity contribution in [3.8, 4) is 16.9 Å². The number of allylic oxidation sites excluding steroid dienone is 1. The molecule has 0 spiro atoms. The highest BCUT2D eigenvalue weighted by Gasteiger charge is 2.48. The zero-order valence-electron chi connectivity index (χ0n) is 22.6. The number of methoxy groups -OCH3 is 1. The van der Waals surface area contributed by atoms with Crippen LogP contribution in [-0.4, -0.2) is 61.3 Å². The van der Waals surface area contributed by atoms with Crippen LogP contribution < -0.4 is 21.0 Å². The van der Waals surface area contributed by atoms with Gasteiger partial charge >= 0.3 is 6.03 Å². The fourth-order valence-corrected chi connectivity index (χ4v) is 5.61. The van der Waals surface area contributed by atoms with Crippen LogP contribution in [0.25, 0.3) is 11.1 Å². The molecule has 0 bridgehead atoms. The number of hydrogen-bond donors (Lipinski definition) is 3. The maximum atomic E-state index is 13.2. The summed E-state index contributed by atoms with van der Waals surface area (Å²) in [6.07, 6.45) is 3.37. The summed E-state index contributed by atoms with van der Waals surface area (Å²) < 4.78 is 10.8. The summed E-state index contributed by atoms with van der Waals surface area (Å²) in [6.45, 7) is 4.55. The number of nitrogens with zero attached hydrogens (tertiary/aromatic N) is 2. The molecule has 0 radical (unpaired) electrons. The number of carbonyl (C=O) groups is 2. The molecule has 10 nitrogen and oxygen atoms in total. The van der Waals surface area contributed by atoms with Crippen molar-refractivity contribution in [2.45, 2.75) is 38.4 Å². The van der Waals surface area contributed by atoms with Crippen molar-refractivity contribution in [1.29, 1.82) is 0 Å². The third kappa shape index (κ3) is 5.14. The average Bonchev–Trinajstić information content (AvgIpc) is 3.62.